The number of pyridine rings is 1. The number of carbonyl (C=O) groups excluding carboxylic acids is 1. The molecule has 0 bridgehead atoms. The van der Waals surface area contributed by atoms with Crippen molar-refractivity contribution in [2.75, 3.05) is 18.4 Å². The van der Waals surface area contributed by atoms with E-state index in [9.17, 15) is 9.18 Å². The summed E-state index contributed by atoms with van der Waals surface area (Å²) in [6.45, 7) is 5.29. The lowest BCUT2D eigenvalue weighted by molar-refractivity contribution is 0.0773. The van der Waals surface area contributed by atoms with E-state index in [1.165, 1.54) is 6.07 Å². The van der Waals surface area contributed by atoms with Gasteiger partial charge in [-0.3, -0.25) is 9.78 Å². The summed E-state index contributed by atoms with van der Waals surface area (Å²) in [5, 5.41) is 4.52. The van der Waals surface area contributed by atoms with Crippen LogP contribution in [-0.4, -0.2) is 28.9 Å². The predicted octanol–water partition coefficient (Wildman–Crippen LogP) is 5.12. The van der Waals surface area contributed by atoms with Gasteiger partial charge in [0.25, 0.3) is 5.91 Å². The van der Waals surface area contributed by atoms with E-state index in [1.54, 1.807) is 47.5 Å². The first kappa shape index (κ1) is 19.1. The van der Waals surface area contributed by atoms with E-state index in [2.05, 4.69) is 10.3 Å². The first-order valence-corrected chi connectivity index (χ1v) is 9.27. The molecule has 3 aromatic rings. The highest BCUT2D eigenvalue weighted by molar-refractivity contribution is 6.31. The molecule has 3 rings (SSSR count). The van der Waals surface area contributed by atoms with E-state index >= 15 is 0 Å². The second kappa shape index (κ2) is 8.35. The number of hydrogen-bond donors (Lipinski definition) is 1. The molecule has 0 aliphatic heterocycles. The number of aromatic nitrogens is 1. The molecule has 1 aromatic heterocycles. The Balaban J connectivity index is 2.08. The van der Waals surface area contributed by atoms with Crippen molar-refractivity contribution >= 4 is 34.1 Å². The van der Waals surface area contributed by atoms with Crippen molar-refractivity contribution in [3.63, 3.8) is 0 Å². The number of benzene rings is 2. The molecule has 0 aliphatic rings. The van der Waals surface area contributed by atoms with Gasteiger partial charge in [0.15, 0.2) is 0 Å². The van der Waals surface area contributed by atoms with E-state index in [4.69, 9.17) is 11.6 Å². The number of amides is 1. The highest BCUT2D eigenvalue weighted by atomic mass is 35.5. The SMILES string of the molecule is CCN(CC)C(=O)c1cnc2ccc(Cl)cc2c1NCc1ccccc1F. The second-order valence-electron chi connectivity index (χ2n) is 6.13. The molecule has 27 heavy (non-hydrogen) atoms. The third-order valence-electron chi connectivity index (χ3n) is 4.52. The summed E-state index contributed by atoms with van der Waals surface area (Å²) in [5.41, 5.74) is 2.30. The zero-order valence-electron chi connectivity index (χ0n) is 15.3. The Morgan fingerprint density at radius 3 is 2.63 bits per heavy atom. The molecule has 0 spiro atoms. The standard InChI is InChI=1S/C21H21ClFN3O/c1-3-26(4-2)21(27)17-13-24-19-10-9-15(22)11-16(19)20(17)25-12-14-7-5-6-8-18(14)23/h5-11,13H,3-4,12H2,1-2H3,(H,24,25). The molecule has 0 saturated carbocycles. The number of halogens is 2. The van der Waals surface area contributed by atoms with Crippen molar-refractivity contribution in [2.24, 2.45) is 0 Å². The van der Waals surface area contributed by atoms with E-state index in [1.807, 2.05) is 13.8 Å². The van der Waals surface area contributed by atoms with Crippen LogP contribution >= 0.6 is 11.6 Å². The average molecular weight is 386 g/mol. The molecule has 0 saturated heterocycles. The predicted molar refractivity (Wildman–Crippen MR) is 108 cm³/mol. The van der Waals surface area contributed by atoms with Crippen LogP contribution in [-0.2, 0) is 6.54 Å². The summed E-state index contributed by atoms with van der Waals surface area (Å²) in [7, 11) is 0. The van der Waals surface area contributed by atoms with Crippen LogP contribution in [0.25, 0.3) is 10.9 Å². The maximum Gasteiger partial charge on any atom is 0.257 e. The lowest BCUT2D eigenvalue weighted by Crippen LogP contribution is -2.31. The minimum absolute atomic E-state index is 0.120. The van der Waals surface area contributed by atoms with Gasteiger partial charge in [-0.1, -0.05) is 29.8 Å². The molecule has 0 aliphatic carbocycles. The molecule has 0 radical (unpaired) electrons. The lowest BCUT2D eigenvalue weighted by atomic mass is 10.1. The summed E-state index contributed by atoms with van der Waals surface area (Å²) in [5.74, 6) is -0.413. The first-order valence-electron chi connectivity index (χ1n) is 8.90. The molecule has 2 aromatic carbocycles. The average Bonchev–Trinajstić information content (AvgIpc) is 2.68. The molecule has 6 heteroatoms. The van der Waals surface area contributed by atoms with Crippen molar-refractivity contribution in [3.8, 4) is 0 Å². The molecule has 0 atom stereocenters. The smallest absolute Gasteiger partial charge is 0.257 e. The quantitative estimate of drug-likeness (QED) is 0.640. The van der Waals surface area contributed by atoms with E-state index in [0.29, 0.717) is 40.4 Å². The maximum absolute atomic E-state index is 14.0. The molecule has 4 nitrogen and oxygen atoms in total. The van der Waals surface area contributed by atoms with Crippen molar-refractivity contribution in [1.29, 1.82) is 0 Å². The number of hydrogen-bond acceptors (Lipinski definition) is 3. The molecule has 0 fully saturated rings. The second-order valence-corrected chi connectivity index (χ2v) is 6.57. The first-order chi connectivity index (χ1) is 13.0. The minimum Gasteiger partial charge on any atom is -0.380 e. The summed E-state index contributed by atoms with van der Waals surface area (Å²) in [4.78, 5) is 19.1. The van der Waals surface area contributed by atoms with Gasteiger partial charge in [-0.25, -0.2) is 4.39 Å². The van der Waals surface area contributed by atoms with Gasteiger partial charge in [-0.2, -0.15) is 0 Å². The monoisotopic (exact) mass is 385 g/mol. The fourth-order valence-electron chi connectivity index (χ4n) is 3.02. The molecular weight excluding hydrogens is 365 g/mol. The van der Waals surface area contributed by atoms with E-state index in [0.717, 1.165) is 5.39 Å². The third-order valence-corrected chi connectivity index (χ3v) is 4.76. The van der Waals surface area contributed by atoms with Gasteiger partial charge in [0.05, 0.1) is 16.8 Å². The Hall–Kier alpha value is -2.66. The van der Waals surface area contributed by atoms with Crippen molar-refractivity contribution in [3.05, 3.63) is 70.6 Å². The number of nitrogens with zero attached hydrogens (tertiary/aromatic N) is 2. The van der Waals surface area contributed by atoms with Gasteiger partial charge in [-0.15, -0.1) is 0 Å². The molecule has 1 N–H and O–H groups in total. The van der Waals surface area contributed by atoms with Crippen LogP contribution < -0.4 is 5.32 Å². The fraction of sp³-hybridized carbons (Fsp3) is 0.238. The molecule has 1 heterocycles. The van der Waals surface area contributed by atoms with Gasteiger partial charge in [0.2, 0.25) is 0 Å². The zero-order chi connectivity index (χ0) is 19.4. The van der Waals surface area contributed by atoms with Crippen LogP contribution in [0, 0.1) is 5.82 Å². The van der Waals surface area contributed by atoms with Gasteiger partial charge in [0.1, 0.15) is 5.82 Å². The number of anilines is 1. The van der Waals surface area contributed by atoms with Gasteiger partial charge >= 0.3 is 0 Å². The summed E-state index contributed by atoms with van der Waals surface area (Å²) >= 11 is 6.17. The number of rotatable bonds is 6. The maximum atomic E-state index is 14.0. The Morgan fingerprint density at radius 1 is 1.19 bits per heavy atom. The Bertz CT molecular complexity index is 973. The Morgan fingerprint density at radius 2 is 1.93 bits per heavy atom. The zero-order valence-corrected chi connectivity index (χ0v) is 16.1. The fourth-order valence-corrected chi connectivity index (χ4v) is 3.20. The summed E-state index contributed by atoms with van der Waals surface area (Å²) in [6.07, 6.45) is 1.57. The van der Waals surface area contributed by atoms with Crippen LogP contribution in [0.1, 0.15) is 29.8 Å². The molecular formula is C21H21ClFN3O. The van der Waals surface area contributed by atoms with Crippen LogP contribution in [0.2, 0.25) is 5.02 Å². The number of carbonyl (C=O) groups is 1. The lowest BCUT2D eigenvalue weighted by Gasteiger charge is -2.21. The third kappa shape index (κ3) is 4.03. The minimum atomic E-state index is -0.294. The van der Waals surface area contributed by atoms with Crippen molar-refractivity contribution in [2.45, 2.75) is 20.4 Å². The Kier molecular flexibility index (Phi) is 5.91. The highest BCUT2D eigenvalue weighted by Gasteiger charge is 2.20. The normalized spacial score (nSPS) is 10.8. The van der Waals surface area contributed by atoms with Crippen molar-refractivity contribution in [1.82, 2.24) is 9.88 Å². The van der Waals surface area contributed by atoms with Crippen LogP contribution in [0.3, 0.4) is 0 Å². The van der Waals surface area contributed by atoms with Crippen molar-refractivity contribution < 1.29 is 9.18 Å². The van der Waals surface area contributed by atoms with E-state index < -0.39 is 0 Å². The van der Waals surface area contributed by atoms with Crippen LogP contribution in [0.5, 0.6) is 0 Å². The Labute approximate surface area is 163 Å². The van der Waals surface area contributed by atoms with Gasteiger partial charge in [-0.05, 0) is 38.1 Å². The summed E-state index contributed by atoms with van der Waals surface area (Å²) < 4.78 is 14.0. The van der Waals surface area contributed by atoms with Crippen LogP contribution in [0.4, 0.5) is 10.1 Å². The number of nitrogens with one attached hydrogen (secondary N) is 1. The summed E-state index contributed by atoms with van der Waals surface area (Å²) in [6, 6.07) is 11.9. The van der Waals surface area contributed by atoms with Crippen LogP contribution in [0.15, 0.2) is 48.7 Å². The van der Waals surface area contributed by atoms with Gasteiger partial charge < -0.3 is 10.2 Å². The molecule has 1 amide bonds. The highest BCUT2D eigenvalue weighted by Crippen LogP contribution is 2.30. The largest absolute Gasteiger partial charge is 0.380 e. The number of fused-ring (bicyclic) bond motifs is 1. The topological polar surface area (TPSA) is 45.2 Å². The van der Waals surface area contributed by atoms with Gasteiger partial charge in [0, 0.05) is 41.8 Å². The molecule has 140 valence electrons. The van der Waals surface area contributed by atoms with E-state index in [-0.39, 0.29) is 18.3 Å². The molecule has 0 unspecified atom stereocenters.